The van der Waals surface area contributed by atoms with Gasteiger partial charge in [-0.2, -0.15) is 0 Å². The van der Waals surface area contributed by atoms with E-state index in [9.17, 15) is 13.2 Å². The number of carbonyl (C=O) groups is 1. The number of carbonyl (C=O) groups excluding carboxylic acids is 1. The molecule has 0 bridgehead atoms. The molecule has 3 rings (SSSR count). The minimum absolute atomic E-state index is 0.0664. The highest BCUT2D eigenvalue weighted by atomic mass is 32.2. The summed E-state index contributed by atoms with van der Waals surface area (Å²) in [7, 11) is -2.36. The van der Waals surface area contributed by atoms with Crippen molar-refractivity contribution in [1.29, 1.82) is 0 Å². The maximum atomic E-state index is 13.3. The lowest BCUT2D eigenvalue weighted by atomic mass is 9.98. The van der Waals surface area contributed by atoms with E-state index in [1.54, 1.807) is 11.0 Å². The highest BCUT2D eigenvalue weighted by Crippen LogP contribution is 2.28. The molecule has 0 unspecified atom stereocenters. The summed E-state index contributed by atoms with van der Waals surface area (Å²) < 4.78 is 34.9. The van der Waals surface area contributed by atoms with Crippen LogP contribution in [0.2, 0.25) is 0 Å². The molecule has 2 aromatic rings. The van der Waals surface area contributed by atoms with E-state index >= 15 is 0 Å². The van der Waals surface area contributed by atoms with E-state index in [0.29, 0.717) is 37.1 Å². The van der Waals surface area contributed by atoms with Gasteiger partial charge in [0.05, 0.1) is 17.6 Å². The average molecular weight is 459 g/mol. The number of nitrogens with one attached hydrogen (secondary N) is 1. The summed E-state index contributed by atoms with van der Waals surface area (Å²) in [5, 5.41) is 0. The summed E-state index contributed by atoms with van der Waals surface area (Å²) >= 11 is 0. The van der Waals surface area contributed by atoms with E-state index in [-0.39, 0.29) is 22.4 Å². The van der Waals surface area contributed by atoms with Gasteiger partial charge in [0, 0.05) is 19.1 Å². The van der Waals surface area contributed by atoms with Crippen LogP contribution in [0.1, 0.15) is 62.0 Å². The number of hydrogen-bond donors (Lipinski definition) is 1. The molecular formula is C25H34N2O4S. The summed E-state index contributed by atoms with van der Waals surface area (Å²) in [6, 6.07) is 13.7. The predicted octanol–water partition coefficient (Wildman–Crippen LogP) is 4.63. The van der Waals surface area contributed by atoms with Crippen molar-refractivity contribution >= 4 is 15.9 Å². The Morgan fingerprint density at radius 3 is 2.38 bits per heavy atom. The minimum atomic E-state index is -3.85. The Balaban J connectivity index is 1.90. The first-order valence-electron chi connectivity index (χ1n) is 11.3. The van der Waals surface area contributed by atoms with Gasteiger partial charge in [0.25, 0.3) is 5.91 Å². The number of benzene rings is 2. The second kappa shape index (κ2) is 10.5. The van der Waals surface area contributed by atoms with Crippen LogP contribution in [-0.4, -0.2) is 39.4 Å². The molecular weight excluding hydrogens is 424 g/mol. The zero-order valence-corrected chi connectivity index (χ0v) is 20.2. The maximum absolute atomic E-state index is 13.3. The second-order valence-corrected chi connectivity index (χ2v) is 10.8. The van der Waals surface area contributed by atoms with E-state index in [4.69, 9.17) is 4.74 Å². The van der Waals surface area contributed by atoms with Crippen molar-refractivity contribution in [3.8, 4) is 5.75 Å². The first-order chi connectivity index (χ1) is 15.2. The van der Waals surface area contributed by atoms with Crippen LogP contribution in [-0.2, 0) is 10.0 Å². The first kappa shape index (κ1) is 24.3. The highest BCUT2D eigenvalue weighted by Gasteiger charge is 2.27. The van der Waals surface area contributed by atoms with Crippen LogP contribution < -0.4 is 9.46 Å². The van der Waals surface area contributed by atoms with Gasteiger partial charge in [-0.25, -0.2) is 13.1 Å². The largest absolute Gasteiger partial charge is 0.496 e. The van der Waals surface area contributed by atoms with Gasteiger partial charge in [0.15, 0.2) is 0 Å². The van der Waals surface area contributed by atoms with Crippen molar-refractivity contribution in [3.63, 3.8) is 0 Å². The number of methoxy groups -OCH3 is 1. The Kier molecular flexibility index (Phi) is 7.96. The first-order valence-corrected chi connectivity index (χ1v) is 12.7. The Hall–Kier alpha value is -2.38. The summed E-state index contributed by atoms with van der Waals surface area (Å²) in [4.78, 5) is 15.0. The van der Waals surface area contributed by atoms with Crippen LogP contribution in [0.4, 0.5) is 0 Å². The number of likely N-dealkylation sites (tertiary alicyclic amines) is 1. The van der Waals surface area contributed by atoms with Crippen LogP contribution in [0.3, 0.4) is 0 Å². The summed E-state index contributed by atoms with van der Waals surface area (Å²) in [5.41, 5.74) is 1.20. The molecule has 1 N–H and O–H groups in total. The maximum Gasteiger partial charge on any atom is 0.257 e. The molecule has 7 heteroatoms. The molecule has 0 aromatic heterocycles. The van der Waals surface area contributed by atoms with Crippen LogP contribution in [0.5, 0.6) is 5.75 Å². The molecule has 1 fully saturated rings. The summed E-state index contributed by atoms with van der Waals surface area (Å²) in [5.74, 6) is 1.09. The molecule has 0 saturated carbocycles. The third kappa shape index (κ3) is 5.90. The fourth-order valence-electron chi connectivity index (χ4n) is 4.07. The zero-order valence-electron chi connectivity index (χ0n) is 19.4. The number of amides is 1. The van der Waals surface area contributed by atoms with Gasteiger partial charge in [-0.05, 0) is 54.9 Å². The van der Waals surface area contributed by atoms with Crippen molar-refractivity contribution in [1.82, 2.24) is 9.62 Å². The third-order valence-electron chi connectivity index (χ3n) is 5.99. The molecule has 0 spiro atoms. The van der Waals surface area contributed by atoms with Gasteiger partial charge in [-0.1, -0.05) is 51.1 Å². The molecule has 1 atom stereocenters. The minimum Gasteiger partial charge on any atom is -0.496 e. The van der Waals surface area contributed by atoms with Crippen molar-refractivity contribution in [3.05, 3.63) is 59.7 Å². The standard InChI is InChI=1S/C25H34N2O4S/c1-18(2)16-23(20-8-6-5-7-9-20)26-32(29,30)21-10-11-24(31-4)22(17-21)25(28)27-14-12-19(3)13-15-27/h5-11,17-19,23,26H,12-16H2,1-4H3/t23-/m0/s1. The van der Waals surface area contributed by atoms with Crippen LogP contribution >= 0.6 is 0 Å². The average Bonchev–Trinajstić information content (AvgIpc) is 2.78. The number of rotatable bonds is 8. The van der Waals surface area contributed by atoms with Crippen LogP contribution in [0.25, 0.3) is 0 Å². The zero-order chi connectivity index (χ0) is 23.3. The number of piperidine rings is 1. The van der Waals surface area contributed by atoms with Gasteiger partial charge in [-0.15, -0.1) is 0 Å². The lowest BCUT2D eigenvalue weighted by Gasteiger charge is -2.30. The summed E-state index contributed by atoms with van der Waals surface area (Å²) in [6.45, 7) is 7.65. The molecule has 174 valence electrons. The van der Waals surface area contributed by atoms with Crippen LogP contribution in [0.15, 0.2) is 53.4 Å². The van der Waals surface area contributed by atoms with E-state index in [1.165, 1.54) is 19.2 Å². The Morgan fingerprint density at radius 1 is 1.12 bits per heavy atom. The smallest absolute Gasteiger partial charge is 0.257 e. The number of sulfonamides is 1. The third-order valence-corrected chi connectivity index (χ3v) is 7.46. The fraction of sp³-hybridized carbons (Fsp3) is 0.480. The predicted molar refractivity (Wildman–Crippen MR) is 126 cm³/mol. The normalized spacial score (nSPS) is 16.2. The van der Waals surface area contributed by atoms with Gasteiger partial charge in [0.2, 0.25) is 10.0 Å². The number of hydrogen-bond acceptors (Lipinski definition) is 4. The molecule has 32 heavy (non-hydrogen) atoms. The number of ether oxygens (including phenoxy) is 1. The van der Waals surface area contributed by atoms with Crippen molar-refractivity contribution in [2.24, 2.45) is 11.8 Å². The lowest BCUT2D eigenvalue weighted by molar-refractivity contribution is 0.0693. The molecule has 2 aromatic carbocycles. The summed E-state index contributed by atoms with van der Waals surface area (Å²) in [6.07, 6.45) is 2.56. The second-order valence-electron chi connectivity index (χ2n) is 9.05. The lowest BCUT2D eigenvalue weighted by Crippen LogP contribution is -2.38. The Labute approximate surface area is 192 Å². The van der Waals surface area contributed by atoms with Gasteiger partial charge >= 0.3 is 0 Å². The molecule has 1 aliphatic rings. The van der Waals surface area contributed by atoms with Gasteiger partial charge in [-0.3, -0.25) is 4.79 Å². The molecule has 1 heterocycles. The van der Waals surface area contributed by atoms with Gasteiger partial charge < -0.3 is 9.64 Å². The molecule has 1 amide bonds. The van der Waals surface area contributed by atoms with Gasteiger partial charge in [0.1, 0.15) is 5.75 Å². The van der Waals surface area contributed by atoms with E-state index in [0.717, 1.165) is 18.4 Å². The monoisotopic (exact) mass is 458 g/mol. The highest BCUT2D eigenvalue weighted by molar-refractivity contribution is 7.89. The van der Waals surface area contributed by atoms with Crippen molar-refractivity contribution < 1.29 is 17.9 Å². The van der Waals surface area contributed by atoms with E-state index < -0.39 is 10.0 Å². The van der Waals surface area contributed by atoms with Crippen molar-refractivity contribution in [2.75, 3.05) is 20.2 Å². The van der Waals surface area contributed by atoms with Crippen molar-refractivity contribution in [2.45, 2.75) is 51.0 Å². The van der Waals surface area contributed by atoms with E-state index in [2.05, 4.69) is 25.5 Å². The fourth-order valence-corrected chi connectivity index (χ4v) is 5.33. The molecule has 1 saturated heterocycles. The quantitative estimate of drug-likeness (QED) is 0.626. The van der Waals surface area contributed by atoms with E-state index in [1.807, 2.05) is 30.3 Å². The molecule has 6 nitrogen and oxygen atoms in total. The number of nitrogens with zero attached hydrogens (tertiary/aromatic N) is 1. The Morgan fingerprint density at radius 2 is 1.78 bits per heavy atom. The molecule has 0 aliphatic carbocycles. The SMILES string of the molecule is COc1ccc(S(=O)(=O)N[C@@H](CC(C)C)c2ccccc2)cc1C(=O)N1CCC(C)CC1. The molecule has 0 radical (unpaired) electrons. The molecule has 1 aliphatic heterocycles. The van der Waals surface area contributed by atoms with Crippen LogP contribution in [0, 0.1) is 11.8 Å². The Bertz CT molecular complexity index is 1010. The topological polar surface area (TPSA) is 75.7 Å².